The van der Waals surface area contributed by atoms with E-state index in [0.29, 0.717) is 18.6 Å². The zero-order valence-electron chi connectivity index (χ0n) is 10.3. The van der Waals surface area contributed by atoms with Crippen molar-refractivity contribution in [3.05, 3.63) is 0 Å². The molecular formula is C14H24O2. The summed E-state index contributed by atoms with van der Waals surface area (Å²) in [7, 11) is 0. The number of rotatable bonds is 4. The van der Waals surface area contributed by atoms with Crippen molar-refractivity contribution < 1.29 is 9.84 Å². The molecule has 16 heavy (non-hydrogen) atoms. The van der Waals surface area contributed by atoms with Crippen molar-refractivity contribution in [2.45, 2.75) is 57.7 Å². The fourth-order valence-electron chi connectivity index (χ4n) is 3.48. The Kier molecular flexibility index (Phi) is 2.97. The van der Waals surface area contributed by atoms with Crippen molar-refractivity contribution >= 4 is 0 Å². The Morgan fingerprint density at radius 2 is 2.00 bits per heavy atom. The second-order valence-electron chi connectivity index (χ2n) is 6.26. The Balaban J connectivity index is 1.63. The van der Waals surface area contributed by atoms with Crippen LogP contribution >= 0.6 is 0 Å². The van der Waals surface area contributed by atoms with E-state index in [4.69, 9.17) is 4.74 Å². The molecule has 0 aromatic rings. The average Bonchev–Trinajstić information content (AvgIpc) is 2.97. The van der Waals surface area contributed by atoms with Crippen LogP contribution in [0.5, 0.6) is 0 Å². The highest BCUT2D eigenvalue weighted by atomic mass is 16.5. The third kappa shape index (κ3) is 2.02. The van der Waals surface area contributed by atoms with Crippen molar-refractivity contribution in [1.82, 2.24) is 0 Å². The van der Waals surface area contributed by atoms with Crippen LogP contribution < -0.4 is 0 Å². The van der Waals surface area contributed by atoms with Gasteiger partial charge in [-0.25, -0.2) is 0 Å². The molecule has 0 aromatic carbocycles. The predicted octanol–water partition coefficient (Wildman–Crippen LogP) is 2.60. The first kappa shape index (κ1) is 11.0. The molecule has 3 aliphatic rings. The van der Waals surface area contributed by atoms with Gasteiger partial charge in [-0.15, -0.1) is 0 Å². The molecule has 2 saturated carbocycles. The van der Waals surface area contributed by atoms with Crippen molar-refractivity contribution in [3.63, 3.8) is 0 Å². The summed E-state index contributed by atoms with van der Waals surface area (Å²) in [6.07, 6.45) is 8.62. The van der Waals surface area contributed by atoms with Gasteiger partial charge in [-0.1, -0.05) is 26.2 Å². The largest absolute Gasteiger partial charge is 0.390 e. The van der Waals surface area contributed by atoms with Gasteiger partial charge in [0, 0.05) is 5.92 Å². The summed E-state index contributed by atoms with van der Waals surface area (Å²) >= 11 is 0. The molecule has 1 aliphatic heterocycles. The second-order valence-corrected chi connectivity index (χ2v) is 6.26. The zero-order valence-corrected chi connectivity index (χ0v) is 10.3. The molecule has 0 radical (unpaired) electrons. The minimum atomic E-state index is -0.215. The molecule has 2 aliphatic carbocycles. The second kappa shape index (κ2) is 4.30. The lowest BCUT2D eigenvalue weighted by Gasteiger charge is -2.34. The molecule has 2 unspecified atom stereocenters. The van der Waals surface area contributed by atoms with E-state index in [1.807, 2.05) is 0 Å². The monoisotopic (exact) mass is 224 g/mol. The lowest BCUT2D eigenvalue weighted by molar-refractivity contribution is 0.0196. The molecule has 3 fully saturated rings. The van der Waals surface area contributed by atoms with E-state index in [9.17, 15) is 5.11 Å². The standard InChI is InChI=1S/C14H24O2/c1-9-13(15)8-16-14(9)12(11-5-6-11)7-10-3-2-4-10/h9-15H,2-8H2,1H3/t9?,12-,13+,14?/m0/s1. The summed E-state index contributed by atoms with van der Waals surface area (Å²) in [5.74, 6) is 2.99. The first-order valence-electron chi connectivity index (χ1n) is 7.05. The lowest BCUT2D eigenvalue weighted by atomic mass is 9.74. The van der Waals surface area contributed by atoms with Crippen LogP contribution in [0.2, 0.25) is 0 Å². The molecule has 4 atom stereocenters. The predicted molar refractivity (Wildman–Crippen MR) is 63.1 cm³/mol. The molecule has 3 rings (SSSR count). The SMILES string of the molecule is CC1C([C@@H](CC2CCC2)C2CC2)OC[C@H]1O. The van der Waals surface area contributed by atoms with Crippen LogP contribution in [0.3, 0.4) is 0 Å². The van der Waals surface area contributed by atoms with Gasteiger partial charge in [0.2, 0.25) is 0 Å². The highest BCUT2D eigenvalue weighted by Gasteiger charge is 2.45. The highest BCUT2D eigenvalue weighted by molar-refractivity contribution is 4.94. The Bertz CT molecular complexity index is 245. The van der Waals surface area contributed by atoms with Crippen LogP contribution in [0.25, 0.3) is 0 Å². The minimum absolute atomic E-state index is 0.215. The van der Waals surface area contributed by atoms with E-state index in [0.717, 1.165) is 17.8 Å². The number of aliphatic hydroxyl groups excluding tert-OH is 1. The van der Waals surface area contributed by atoms with E-state index >= 15 is 0 Å². The Hall–Kier alpha value is -0.0800. The summed E-state index contributed by atoms with van der Waals surface area (Å²) < 4.78 is 5.86. The van der Waals surface area contributed by atoms with Crippen molar-refractivity contribution in [1.29, 1.82) is 0 Å². The summed E-state index contributed by atoms with van der Waals surface area (Å²) in [6.45, 7) is 2.73. The third-order valence-corrected chi connectivity index (χ3v) is 5.06. The van der Waals surface area contributed by atoms with Crippen molar-refractivity contribution in [3.8, 4) is 0 Å². The molecule has 1 heterocycles. The van der Waals surface area contributed by atoms with Gasteiger partial charge in [-0.2, -0.15) is 0 Å². The van der Waals surface area contributed by atoms with Crippen LogP contribution in [-0.4, -0.2) is 23.9 Å². The van der Waals surface area contributed by atoms with Crippen LogP contribution in [0.4, 0.5) is 0 Å². The van der Waals surface area contributed by atoms with Crippen molar-refractivity contribution in [2.24, 2.45) is 23.7 Å². The molecule has 2 nitrogen and oxygen atoms in total. The summed E-state index contributed by atoms with van der Waals surface area (Å²) in [5, 5.41) is 9.80. The maximum Gasteiger partial charge on any atom is 0.0824 e. The maximum absolute atomic E-state index is 9.80. The van der Waals surface area contributed by atoms with Gasteiger partial charge in [-0.05, 0) is 37.0 Å². The maximum atomic E-state index is 9.80. The molecule has 0 spiro atoms. The molecule has 1 N–H and O–H groups in total. The average molecular weight is 224 g/mol. The fraction of sp³-hybridized carbons (Fsp3) is 1.00. The third-order valence-electron chi connectivity index (χ3n) is 5.06. The Morgan fingerprint density at radius 1 is 1.25 bits per heavy atom. The topological polar surface area (TPSA) is 29.5 Å². The first-order chi connectivity index (χ1) is 7.75. The number of aliphatic hydroxyl groups is 1. The number of ether oxygens (including phenoxy) is 1. The molecule has 0 bridgehead atoms. The number of hydrogen-bond acceptors (Lipinski definition) is 2. The van der Waals surface area contributed by atoms with Gasteiger partial charge >= 0.3 is 0 Å². The highest BCUT2D eigenvalue weighted by Crippen LogP contribution is 2.48. The molecule has 2 heteroatoms. The van der Waals surface area contributed by atoms with E-state index in [1.165, 1.54) is 38.5 Å². The van der Waals surface area contributed by atoms with Gasteiger partial charge in [-0.3, -0.25) is 0 Å². The molecule has 0 aromatic heterocycles. The van der Waals surface area contributed by atoms with E-state index in [1.54, 1.807) is 0 Å². The molecular weight excluding hydrogens is 200 g/mol. The normalized spacial score (nSPS) is 42.0. The molecule has 1 saturated heterocycles. The van der Waals surface area contributed by atoms with Gasteiger partial charge in [0.15, 0.2) is 0 Å². The summed E-state index contributed by atoms with van der Waals surface area (Å²) in [6, 6.07) is 0. The lowest BCUT2D eigenvalue weighted by Crippen LogP contribution is -2.32. The quantitative estimate of drug-likeness (QED) is 0.795. The van der Waals surface area contributed by atoms with Gasteiger partial charge in [0.25, 0.3) is 0 Å². The molecule has 0 amide bonds. The smallest absolute Gasteiger partial charge is 0.0824 e. The van der Waals surface area contributed by atoms with Gasteiger partial charge in [0.05, 0.1) is 18.8 Å². The Labute approximate surface area is 98.4 Å². The summed E-state index contributed by atoms with van der Waals surface area (Å²) in [4.78, 5) is 0. The number of hydrogen-bond donors (Lipinski definition) is 1. The van der Waals surface area contributed by atoms with Crippen LogP contribution in [-0.2, 0) is 4.74 Å². The van der Waals surface area contributed by atoms with E-state index in [-0.39, 0.29) is 6.10 Å². The first-order valence-corrected chi connectivity index (χ1v) is 7.05. The fourth-order valence-corrected chi connectivity index (χ4v) is 3.48. The van der Waals surface area contributed by atoms with Crippen LogP contribution in [0, 0.1) is 23.7 Å². The zero-order chi connectivity index (χ0) is 11.1. The van der Waals surface area contributed by atoms with E-state index < -0.39 is 0 Å². The van der Waals surface area contributed by atoms with Crippen molar-refractivity contribution in [2.75, 3.05) is 6.61 Å². The Morgan fingerprint density at radius 3 is 2.44 bits per heavy atom. The van der Waals surface area contributed by atoms with Crippen LogP contribution in [0.15, 0.2) is 0 Å². The summed E-state index contributed by atoms with van der Waals surface area (Å²) in [5.41, 5.74) is 0. The van der Waals surface area contributed by atoms with Crippen LogP contribution in [0.1, 0.15) is 45.4 Å². The van der Waals surface area contributed by atoms with E-state index in [2.05, 4.69) is 6.92 Å². The minimum Gasteiger partial charge on any atom is -0.390 e. The van der Waals surface area contributed by atoms with Gasteiger partial charge < -0.3 is 9.84 Å². The molecule has 92 valence electrons. The van der Waals surface area contributed by atoms with Gasteiger partial charge in [0.1, 0.15) is 0 Å².